The van der Waals surface area contributed by atoms with Crippen molar-refractivity contribution in [1.82, 2.24) is 0 Å². The number of nitrogens with two attached hydrogens (primary N) is 1. The average Bonchev–Trinajstić information content (AvgIpc) is 2.84. The first-order chi connectivity index (χ1) is 9.60. The van der Waals surface area contributed by atoms with Crippen LogP contribution in [0.1, 0.15) is 5.56 Å². The quantitative estimate of drug-likeness (QED) is 0.919. The van der Waals surface area contributed by atoms with Gasteiger partial charge in [0.15, 0.2) is 11.6 Å². The smallest absolute Gasteiger partial charge is 0.166 e. The van der Waals surface area contributed by atoms with Crippen LogP contribution in [0.5, 0.6) is 5.75 Å². The van der Waals surface area contributed by atoms with E-state index < -0.39 is 11.6 Å². The topological polar surface area (TPSA) is 35.2 Å². The maximum absolute atomic E-state index is 14.0. The molecule has 0 saturated carbocycles. The van der Waals surface area contributed by atoms with Gasteiger partial charge in [0.25, 0.3) is 0 Å². The van der Waals surface area contributed by atoms with Crippen molar-refractivity contribution in [3.05, 3.63) is 52.6 Å². The van der Waals surface area contributed by atoms with E-state index in [0.29, 0.717) is 29.3 Å². The Morgan fingerprint density at radius 2 is 2.05 bits per heavy atom. The molecule has 0 spiro atoms. The summed E-state index contributed by atoms with van der Waals surface area (Å²) in [7, 11) is 0. The maximum Gasteiger partial charge on any atom is 0.166 e. The summed E-state index contributed by atoms with van der Waals surface area (Å²) >= 11 is 6.06. The largest absolute Gasteiger partial charge is 0.488 e. The van der Waals surface area contributed by atoms with Crippen molar-refractivity contribution in [2.75, 3.05) is 6.54 Å². The zero-order valence-electron chi connectivity index (χ0n) is 10.5. The molecule has 0 saturated heterocycles. The van der Waals surface area contributed by atoms with Gasteiger partial charge in [0.1, 0.15) is 11.9 Å². The van der Waals surface area contributed by atoms with Gasteiger partial charge >= 0.3 is 0 Å². The molecule has 5 heteroatoms. The average molecular weight is 296 g/mol. The van der Waals surface area contributed by atoms with Crippen molar-refractivity contribution in [2.45, 2.75) is 12.5 Å². The Morgan fingerprint density at radius 3 is 2.80 bits per heavy atom. The van der Waals surface area contributed by atoms with Crippen LogP contribution in [-0.2, 0) is 6.42 Å². The second kappa shape index (κ2) is 5.04. The SMILES string of the molecule is NC[C@H]1Cc2cc(Cl)cc(-c3cccc(F)c3F)c2O1. The number of halogens is 3. The van der Waals surface area contributed by atoms with Crippen LogP contribution in [0.4, 0.5) is 8.78 Å². The summed E-state index contributed by atoms with van der Waals surface area (Å²) in [6.45, 7) is 0.359. The van der Waals surface area contributed by atoms with Crippen LogP contribution in [0.15, 0.2) is 30.3 Å². The number of hydrogen-bond acceptors (Lipinski definition) is 2. The third-order valence-corrected chi connectivity index (χ3v) is 3.59. The third kappa shape index (κ3) is 2.15. The highest BCUT2D eigenvalue weighted by molar-refractivity contribution is 6.31. The maximum atomic E-state index is 14.0. The highest BCUT2D eigenvalue weighted by Gasteiger charge is 2.27. The van der Waals surface area contributed by atoms with Gasteiger partial charge in [-0.05, 0) is 23.8 Å². The molecule has 0 fully saturated rings. The van der Waals surface area contributed by atoms with Gasteiger partial charge in [-0.2, -0.15) is 0 Å². The van der Waals surface area contributed by atoms with E-state index in [4.69, 9.17) is 22.1 Å². The molecule has 2 aromatic carbocycles. The molecular formula is C15H12ClF2NO. The number of hydrogen-bond donors (Lipinski definition) is 1. The van der Waals surface area contributed by atoms with Crippen molar-refractivity contribution in [3.63, 3.8) is 0 Å². The first-order valence-electron chi connectivity index (χ1n) is 6.23. The molecule has 0 unspecified atom stereocenters. The van der Waals surface area contributed by atoms with Gasteiger partial charge in [-0.3, -0.25) is 0 Å². The van der Waals surface area contributed by atoms with E-state index in [1.165, 1.54) is 12.1 Å². The summed E-state index contributed by atoms with van der Waals surface area (Å²) in [5.41, 5.74) is 7.07. The zero-order chi connectivity index (χ0) is 14.3. The van der Waals surface area contributed by atoms with Crippen molar-refractivity contribution in [2.24, 2.45) is 5.73 Å². The lowest BCUT2D eigenvalue weighted by Crippen LogP contribution is -2.24. The van der Waals surface area contributed by atoms with Crippen LogP contribution in [0.2, 0.25) is 5.02 Å². The van der Waals surface area contributed by atoms with Gasteiger partial charge in [-0.25, -0.2) is 8.78 Å². The molecule has 20 heavy (non-hydrogen) atoms. The van der Waals surface area contributed by atoms with Gasteiger partial charge in [-0.1, -0.05) is 23.7 Å². The van der Waals surface area contributed by atoms with Crippen LogP contribution >= 0.6 is 11.6 Å². The normalized spacial score (nSPS) is 16.9. The molecule has 2 N–H and O–H groups in total. The molecule has 1 aliphatic rings. The van der Waals surface area contributed by atoms with Crippen LogP contribution in [-0.4, -0.2) is 12.6 Å². The van der Waals surface area contributed by atoms with Crippen molar-refractivity contribution in [3.8, 4) is 16.9 Å². The fraction of sp³-hybridized carbons (Fsp3) is 0.200. The van der Waals surface area contributed by atoms with Gasteiger partial charge in [0.05, 0.1) is 0 Å². The Morgan fingerprint density at radius 1 is 1.25 bits per heavy atom. The van der Waals surface area contributed by atoms with Crippen molar-refractivity contribution < 1.29 is 13.5 Å². The molecule has 0 aromatic heterocycles. The molecule has 0 bridgehead atoms. The predicted octanol–water partition coefficient (Wildman–Crippen LogP) is 3.55. The van der Waals surface area contributed by atoms with Crippen molar-refractivity contribution in [1.29, 1.82) is 0 Å². The fourth-order valence-corrected chi connectivity index (χ4v) is 2.68. The zero-order valence-corrected chi connectivity index (χ0v) is 11.3. The van der Waals surface area contributed by atoms with Crippen LogP contribution in [0, 0.1) is 11.6 Å². The second-order valence-electron chi connectivity index (χ2n) is 4.72. The Labute approximate surface area is 120 Å². The van der Waals surface area contributed by atoms with E-state index in [1.54, 1.807) is 12.1 Å². The monoisotopic (exact) mass is 295 g/mol. The standard InChI is InChI=1S/C15H12ClF2NO/c16-9-4-8-5-10(7-19)20-15(8)12(6-9)11-2-1-3-13(17)14(11)18/h1-4,6,10H,5,7,19H2/t10-/m1/s1. The van der Waals surface area contributed by atoms with Gasteiger partial charge in [-0.15, -0.1) is 0 Å². The van der Waals surface area contributed by atoms with Gasteiger partial charge in [0.2, 0.25) is 0 Å². The fourth-order valence-electron chi connectivity index (χ4n) is 2.44. The lowest BCUT2D eigenvalue weighted by Gasteiger charge is -2.12. The van der Waals surface area contributed by atoms with Gasteiger partial charge in [0, 0.05) is 29.1 Å². The minimum Gasteiger partial charge on any atom is -0.488 e. The number of fused-ring (bicyclic) bond motifs is 1. The number of ether oxygens (including phenoxy) is 1. The first-order valence-corrected chi connectivity index (χ1v) is 6.61. The van der Waals surface area contributed by atoms with Gasteiger partial charge < -0.3 is 10.5 Å². The van der Waals surface area contributed by atoms with Crippen LogP contribution in [0.3, 0.4) is 0 Å². The van der Waals surface area contributed by atoms with Crippen molar-refractivity contribution >= 4 is 11.6 Å². The van der Waals surface area contributed by atoms with Crippen LogP contribution in [0.25, 0.3) is 11.1 Å². The molecule has 2 nitrogen and oxygen atoms in total. The predicted molar refractivity (Wildman–Crippen MR) is 74.0 cm³/mol. The Kier molecular flexibility index (Phi) is 3.36. The minimum absolute atomic E-state index is 0.140. The Hall–Kier alpha value is -1.65. The van der Waals surface area contributed by atoms with E-state index in [1.807, 2.05) is 0 Å². The number of rotatable bonds is 2. The summed E-state index contributed by atoms with van der Waals surface area (Å²) in [5.74, 6) is -1.27. The molecule has 0 radical (unpaired) electrons. The summed E-state index contributed by atoms with van der Waals surface area (Å²) in [4.78, 5) is 0. The summed E-state index contributed by atoms with van der Waals surface area (Å²) in [6, 6.07) is 7.39. The molecule has 1 atom stereocenters. The highest BCUT2D eigenvalue weighted by atomic mass is 35.5. The molecule has 1 aliphatic heterocycles. The lowest BCUT2D eigenvalue weighted by atomic mass is 10.00. The Bertz CT molecular complexity index is 675. The third-order valence-electron chi connectivity index (χ3n) is 3.37. The molecule has 1 heterocycles. The summed E-state index contributed by atoms with van der Waals surface area (Å²) in [6.07, 6.45) is 0.468. The first kappa shape index (κ1) is 13.3. The molecule has 0 amide bonds. The lowest BCUT2D eigenvalue weighted by molar-refractivity contribution is 0.242. The minimum atomic E-state index is -0.906. The van der Waals surface area contributed by atoms with E-state index >= 15 is 0 Å². The van der Waals surface area contributed by atoms with E-state index in [2.05, 4.69) is 0 Å². The molecule has 3 rings (SSSR count). The van der Waals surface area contributed by atoms with E-state index in [0.717, 1.165) is 11.6 Å². The summed E-state index contributed by atoms with van der Waals surface area (Å²) < 4.78 is 33.1. The Balaban J connectivity index is 2.18. The molecule has 104 valence electrons. The van der Waals surface area contributed by atoms with E-state index in [9.17, 15) is 8.78 Å². The van der Waals surface area contributed by atoms with Crippen LogP contribution < -0.4 is 10.5 Å². The van der Waals surface area contributed by atoms with E-state index in [-0.39, 0.29) is 11.7 Å². The number of benzene rings is 2. The summed E-state index contributed by atoms with van der Waals surface area (Å²) in [5, 5.41) is 0.462. The second-order valence-corrected chi connectivity index (χ2v) is 5.16. The highest BCUT2D eigenvalue weighted by Crippen LogP contribution is 2.41. The molecule has 2 aromatic rings. The molecule has 0 aliphatic carbocycles. The molecular weight excluding hydrogens is 284 g/mol.